The first-order chi connectivity index (χ1) is 8.04. The Labute approximate surface area is 101 Å². The predicted octanol–water partition coefficient (Wildman–Crippen LogP) is 2.32. The van der Waals surface area contributed by atoms with Crippen LogP contribution < -0.4 is 0 Å². The summed E-state index contributed by atoms with van der Waals surface area (Å²) in [5.74, 6) is 0. The van der Waals surface area contributed by atoms with E-state index in [1.807, 2.05) is 0 Å². The summed E-state index contributed by atoms with van der Waals surface area (Å²) in [6, 6.07) is 0.363. The largest absolute Gasteiger partial charge is 0.492 e. The zero-order valence-electron chi connectivity index (χ0n) is 10.3. The second kappa shape index (κ2) is 5.61. The van der Waals surface area contributed by atoms with E-state index in [0.29, 0.717) is 19.1 Å². The van der Waals surface area contributed by atoms with Gasteiger partial charge in [0.1, 0.15) is 0 Å². The van der Waals surface area contributed by atoms with Crippen LogP contribution in [0.4, 0.5) is 12.9 Å². The van der Waals surface area contributed by atoms with E-state index < -0.39 is 13.4 Å². The zero-order chi connectivity index (χ0) is 12.3. The van der Waals surface area contributed by atoms with Gasteiger partial charge in [-0.15, -0.1) is 0 Å². The van der Waals surface area contributed by atoms with E-state index in [-0.39, 0.29) is 0 Å². The highest BCUT2D eigenvalue weighted by Crippen LogP contribution is 2.22. The Balaban J connectivity index is 1.83. The lowest BCUT2D eigenvalue weighted by Gasteiger charge is -2.42. The fourth-order valence-electron chi connectivity index (χ4n) is 3.07. The molecule has 2 fully saturated rings. The number of rotatable bonds is 3. The highest BCUT2D eigenvalue weighted by molar-refractivity contribution is 6.58. The number of likely N-dealkylation sites (tertiary alicyclic amines) is 2. The van der Waals surface area contributed by atoms with Crippen molar-refractivity contribution in [3.8, 4) is 0 Å². The van der Waals surface area contributed by atoms with Crippen LogP contribution in [0.1, 0.15) is 32.1 Å². The number of hydrogen-bond donors (Lipinski definition) is 0. The molecule has 0 N–H and O–H groups in total. The van der Waals surface area contributed by atoms with E-state index in [4.69, 9.17) is 0 Å². The van der Waals surface area contributed by atoms with E-state index in [2.05, 4.69) is 4.90 Å². The maximum Gasteiger partial charge on any atom is 0.492 e. The van der Waals surface area contributed by atoms with Crippen LogP contribution in [0.3, 0.4) is 0 Å². The minimum Gasteiger partial charge on any atom is -0.448 e. The smallest absolute Gasteiger partial charge is 0.448 e. The molecule has 2 aliphatic rings. The van der Waals surface area contributed by atoms with Crippen LogP contribution in [-0.2, 0) is 0 Å². The lowest BCUT2D eigenvalue weighted by molar-refractivity contribution is 0.0868. The molecule has 100 valence electrons. The molecule has 0 bridgehead atoms. The van der Waals surface area contributed by atoms with Crippen molar-refractivity contribution < 1.29 is 12.9 Å². The molecule has 0 aromatic rings. The van der Waals surface area contributed by atoms with E-state index >= 15 is 0 Å². The van der Waals surface area contributed by atoms with Gasteiger partial charge >= 0.3 is 6.98 Å². The van der Waals surface area contributed by atoms with Crippen LogP contribution in [0.5, 0.6) is 0 Å². The standard InChI is InChI=1S/C11H21BF3N2/c13-12(14,15)10-16-6-4-5-11(9-16)17-7-2-1-3-8-17/h11H,1-10H2/q-1. The van der Waals surface area contributed by atoms with E-state index in [1.54, 1.807) is 4.90 Å². The average Bonchev–Trinajstić information content (AvgIpc) is 2.28. The maximum atomic E-state index is 12.4. The van der Waals surface area contributed by atoms with Crippen molar-refractivity contribution in [3.63, 3.8) is 0 Å². The van der Waals surface area contributed by atoms with Gasteiger partial charge in [0, 0.05) is 12.6 Å². The molecular weight excluding hydrogens is 228 g/mol. The average molecular weight is 249 g/mol. The first kappa shape index (κ1) is 13.2. The summed E-state index contributed by atoms with van der Waals surface area (Å²) in [6.07, 6.45) is 5.00. The van der Waals surface area contributed by atoms with Crippen LogP contribution in [0, 0.1) is 0 Å². The van der Waals surface area contributed by atoms with Gasteiger partial charge in [0.25, 0.3) is 0 Å². The topological polar surface area (TPSA) is 6.48 Å². The maximum absolute atomic E-state index is 12.4. The Morgan fingerprint density at radius 3 is 2.29 bits per heavy atom. The van der Waals surface area contributed by atoms with Gasteiger partial charge < -0.3 is 17.8 Å². The van der Waals surface area contributed by atoms with E-state index in [1.165, 1.54) is 19.3 Å². The number of hydrogen-bond acceptors (Lipinski definition) is 2. The SMILES string of the molecule is F[B-](F)(F)CN1CCCC(N2CCCCC2)C1. The molecule has 0 aromatic heterocycles. The Morgan fingerprint density at radius 2 is 1.65 bits per heavy atom. The lowest BCUT2D eigenvalue weighted by atomic mass is 9.89. The van der Waals surface area contributed by atoms with Gasteiger partial charge in [-0.25, -0.2) is 0 Å². The summed E-state index contributed by atoms with van der Waals surface area (Å²) < 4.78 is 37.3. The quantitative estimate of drug-likeness (QED) is 0.708. The Morgan fingerprint density at radius 1 is 0.941 bits per heavy atom. The molecule has 0 saturated carbocycles. The molecule has 0 spiro atoms. The van der Waals surface area contributed by atoms with Gasteiger partial charge in [-0.1, -0.05) is 6.42 Å². The highest BCUT2D eigenvalue weighted by atomic mass is 19.4. The molecule has 1 atom stereocenters. The summed E-state index contributed by atoms with van der Waals surface area (Å²) >= 11 is 0. The van der Waals surface area contributed by atoms with E-state index in [9.17, 15) is 12.9 Å². The van der Waals surface area contributed by atoms with Gasteiger partial charge in [-0.05, 0) is 51.8 Å². The van der Waals surface area contributed by atoms with Crippen LogP contribution in [0.15, 0.2) is 0 Å². The van der Waals surface area contributed by atoms with Crippen molar-refractivity contribution in [3.05, 3.63) is 0 Å². The first-order valence-corrected chi connectivity index (χ1v) is 6.72. The molecule has 0 aromatic carbocycles. The van der Waals surface area contributed by atoms with Crippen molar-refractivity contribution in [2.24, 2.45) is 0 Å². The van der Waals surface area contributed by atoms with Crippen molar-refractivity contribution in [2.75, 3.05) is 32.6 Å². The molecular formula is C11H21BF3N2-. The molecule has 0 amide bonds. The number of halogens is 3. The highest BCUT2D eigenvalue weighted by Gasteiger charge is 2.31. The predicted molar refractivity (Wildman–Crippen MR) is 64.0 cm³/mol. The Hall–Kier alpha value is -0.225. The van der Waals surface area contributed by atoms with Gasteiger partial charge in [0.05, 0.1) is 0 Å². The molecule has 2 heterocycles. The van der Waals surface area contributed by atoms with Gasteiger partial charge in [-0.2, -0.15) is 0 Å². The Bertz CT molecular complexity index is 241. The summed E-state index contributed by atoms with van der Waals surface area (Å²) in [5.41, 5.74) is 0. The van der Waals surface area contributed by atoms with Gasteiger partial charge in [-0.3, -0.25) is 4.90 Å². The molecule has 0 aliphatic carbocycles. The third-order valence-corrected chi connectivity index (χ3v) is 3.85. The number of piperidine rings is 2. The minimum absolute atomic E-state index is 0.363. The zero-order valence-corrected chi connectivity index (χ0v) is 10.3. The summed E-state index contributed by atoms with van der Waals surface area (Å²) in [4.78, 5) is 4.00. The molecule has 6 heteroatoms. The van der Waals surface area contributed by atoms with Crippen molar-refractivity contribution >= 4 is 6.98 Å². The van der Waals surface area contributed by atoms with Crippen LogP contribution in [-0.4, -0.2) is 55.4 Å². The molecule has 2 saturated heterocycles. The molecule has 1 unspecified atom stereocenters. The van der Waals surface area contributed by atoms with Crippen molar-refractivity contribution in [2.45, 2.75) is 38.1 Å². The minimum atomic E-state index is -4.67. The first-order valence-electron chi connectivity index (χ1n) is 6.72. The van der Waals surface area contributed by atoms with Crippen molar-refractivity contribution in [1.82, 2.24) is 9.80 Å². The third-order valence-electron chi connectivity index (χ3n) is 3.85. The van der Waals surface area contributed by atoms with Crippen LogP contribution >= 0.6 is 0 Å². The van der Waals surface area contributed by atoms with Crippen molar-refractivity contribution in [1.29, 1.82) is 0 Å². The fourth-order valence-corrected chi connectivity index (χ4v) is 3.07. The van der Waals surface area contributed by atoms with Crippen LogP contribution in [0.2, 0.25) is 0 Å². The lowest BCUT2D eigenvalue weighted by Crippen LogP contribution is -2.52. The fraction of sp³-hybridized carbons (Fsp3) is 1.00. The monoisotopic (exact) mass is 249 g/mol. The second-order valence-corrected chi connectivity index (χ2v) is 5.36. The van der Waals surface area contributed by atoms with Crippen LogP contribution in [0.25, 0.3) is 0 Å². The number of nitrogens with zero attached hydrogens (tertiary/aromatic N) is 2. The van der Waals surface area contributed by atoms with Gasteiger partial charge in [0.15, 0.2) is 0 Å². The molecule has 17 heavy (non-hydrogen) atoms. The summed E-state index contributed by atoms with van der Waals surface area (Å²) in [6.45, 7) is -1.28. The normalized spacial score (nSPS) is 29.5. The summed E-state index contributed by atoms with van der Waals surface area (Å²) in [5, 5.41) is 0. The molecule has 2 rings (SSSR count). The second-order valence-electron chi connectivity index (χ2n) is 5.36. The third kappa shape index (κ3) is 4.18. The molecule has 0 radical (unpaired) electrons. The Kier molecular flexibility index (Phi) is 4.36. The molecule has 2 aliphatic heterocycles. The summed E-state index contributed by atoms with van der Waals surface area (Å²) in [7, 11) is 0. The molecule has 2 nitrogen and oxygen atoms in total. The van der Waals surface area contributed by atoms with Gasteiger partial charge in [0.2, 0.25) is 0 Å². The van der Waals surface area contributed by atoms with E-state index in [0.717, 1.165) is 25.9 Å².